The summed E-state index contributed by atoms with van der Waals surface area (Å²) < 4.78 is 5.41. The minimum atomic E-state index is -0.285. The Morgan fingerprint density at radius 3 is 2.65 bits per heavy atom. The van der Waals surface area contributed by atoms with Crippen molar-refractivity contribution in [1.82, 2.24) is 4.90 Å². The summed E-state index contributed by atoms with van der Waals surface area (Å²) in [5.74, 6) is 0.0749. The molecular weight excluding hydrogens is 280 g/mol. The molecule has 0 saturated carbocycles. The number of halogens is 1. The highest BCUT2D eigenvalue weighted by Gasteiger charge is 2.25. The quantitative estimate of drug-likeness (QED) is 0.914. The molecule has 0 radical (unpaired) electrons. The van der Waals surface area contributed by atoms with E-state index in [-0.39, 0.29) is 24.3 Å². The molecule has 108 valence electrons. The van der Waals surface area contributed by atoms with E-state index >= 15 is 0 Å². The molecule has 1 aromatic carbocycles. The van der Waals surface area contributed by atoms with Crippen LogP contribution in [0.5, 0.6) is 5.75 Å². The van der Waals surface area contributed by atoms with Gasteiger partial charge in [-0.15, -0.1) is 0 Å². The molecule has 0 aromatic heterocycles. The molecule has 1 fully saturated rings. The van der Waals surface area contributed by atoms with Crippen molar-refractivity contribution in [3.8, 4) is 5.75 Å². The van der Waals surface area contributed by atoms with Crippen LogP contribution in [0.3, 0.4) is 0 Å². The minimum Gasteiger partial charge on any atom is -0.484 e. The first kappa shape index (κ1) is 14.7. The summed E-state index contributed by atoms with van der Waals surface area (Å²) in [5.41, 5.74) is 5.26. The van der Waals surface area contributed by atoms with Gasteiger partial charge in [0.15, 0.2) is 6.61 Å². The van der Waals surface area contributed by atoms with Gasteiger partial charge < -0.3 is 15.4 Å². The lowest BCUT2D eigenvalue weighted by Gasteiger charge is -2.30. The summed E-state index contributed by atoms with van der Waals surface area (Å²) in [7, 11) is 0. The lowest BCUT2D eigenvalue weighted by Crippen LogP contribution is -2.43. The number of ether oxygens (including phenoxy) is 1. The minimum absolute atomic E-state index is 0.0262. The van der Waals surface area contributed by atoms with Gasteiger partial charge in [0, 0.05) is 24.0 Å². The van der Waals surface area contributed by atoms with Gasteiger partial charge in [-0.3, -0.25) is 9.59 Å². The summed E-state index contributed by atoms with van der Waals surface area (Å²) in [5, 5.41) is 0.567. The maximum absolute atomic E-state index is 12.0. The maximum atomic E-state index is 12.0. The van der Waals surface area contributed by atoms with Crippen molar-refractivity contribution >= 4 is 23.4 Å². The number of carbonyl (C=O) groups excluding carboxylic acids is 2. The average molecular weight is 297 g/mol. The lowest BCUT2D eigenvalue weighted by atomic mass is 9.96. The lowest BCUT2D eigenvalue weighted by molar-refractivity contribution is -0.136. The molecule has 2 rings (SSSR count). The predicted molar refractivity (Wildman–Crippen MR) is 75.4 cm³/mol. The van der Waals surface area contributed by atoms with Crippen molar-refractivity contribution in [2.24, 2.45) is 11.7 Å². The smallest absolute Gasteiger partial charge is 0.260 e. The van der Waals surface area contributed by atoms with Gasteiger partial charge in [0.05, 0.1) is 0 Å². The molecule has 5 nitrogen and oxygen atoms in total. The van der Waals surface area contributed by atoms with Gasteiger partial charge in [0.1, 0.15) is 5.75 Å². The van der Waals surface area contributed by atoms with E-state index in [1.54, 1.807) is 29.2 Å². The molecule has 0 unspecified atom stereocenters. The zero-order valence-electron chi connectivity index (χ0n) is 11.0. The predicted octanol–water partition coefficient (Wildman–Crippen LogP) is 1.44. The number of hydrogen-bond donors (Lipinski definition) is 1. The van der Waals surface area contributed by atoms with E-state index < -0.39 is 0 Å². The van der Waals surface area contributed by atoms with E-state index in [4.69, 9.17) is 22.1 Å². The Hall–Kier alpha value is -1.75. The van der Waals surface area contributed by atoms with Crippen LogP contribution >= 0.6 is 11.6 Å². The van der Waals surface area contributed by atoms with Gasteiger partial charge in [0.2, 0.25) is 5.91 Å². The number of likely N-dealkylation sites (tertiary alicyclic amines) is 1. The van der Waals surface area contributed by atoms with E-state index in [1.807, 2.05) is 0 Å². The maximum Gasteiger partial charge on any atom is 0.260 e. The molecule has 1 heterocycles. The monoisotopic (exact) mass is 296 g/mol. The molecule has 1 aliphatic rings. The topological polar surface area (TPSA) is 72.6 Å². The molecule has 6 heteroatoms. The standard InChI is InChI=1S/C14H17ClN2O3/c15-11-2-1-3-12(8-11)20-9-13(18)17-6-4-10(5-7-17)14(16)19/h1-3,8,10H,4-7,9H2,(H2,16,19). The summed E-state index contributed by atoms with van der Waals surface area (Å²) in [6.07, 6.45) is 1.25. The first-order chi connectivity index (χ1) is 9.56. The molecule has 0 spiro atoms. The van der Waals surface area contributed by atoms with E-state index in [0.29, 0.717) is 36.7 Å². The average Bonchev–Trinajstić information content (AvgIpc) is 2.45. The molecule has 0 aliphatic carbocycles. The number of rotatable bonds is 4. The number of piperidine rings is 1. The van der Waals surface area contributed by atoms with Crippen LogP contribution < -0.4 is 10.5 Å². The van der Waals surface area contributed by atoms with Crippen LogP contribution in [0.1, 0.15) is 12.8 Å². The van der Waals surface area contributed by atoms with Gasteiger partial charge in [-0.25, -0.2) is 0 Å². The van der Waals surface area contributed by atoms with Crippen LogP contribution in [-0.4, -0.2) is 36.4 Å². The van der Waals surface area contributed by atoms with Gasteiger partial charge in [-0.1, -0.05) is 17.7 Å². The third-order valence-corrected chi connectivity index (χ3v) is 3.64. The van der Waals surface area contributed by atoms with Crippen molar-refractivity contribution in [3.05, 3.63) is 29.3 Å². The van der Waals surface area contributed by atoms with Crippen molar-refractivity contribution in [2.75, 3.05) is 19.7 Å². The van der Waals surface area contributed by atoms with E-state index in [9.17, 15) is 9.59 Å². The van der Waals surface area contributed by atoms with Crippen LogP contribution in [0.4, 0.5) is 0 Å². The number of carbonyl (C=O) groups is 2. The molecule has 1 saturated heterocycles. The number of primary amides is 1. The zero-order chi connectivity index (χ0) is 14.5. The molecule has 2 N–H and O–H groups in total. The Kier molecular flexibility index (Phi) is 4.84. The van der Waals surface area contributed by atoms with Crippen molar-refractivity contribution in [1.29, 1.82) is 0 Å². The molecule has 20 heavy (non-hydrogen) atoms. The molecule has 0 bridgehead atoms. The van der Waals surface area contributed by atoms with Crippen LogP contribution in [-0.2, 0) is 9.59 Å². The Bertz CT molecular complexity index is 499. The second-order valence-corrected chi connectivity index (χ2v) is 5.24. The first-order valence-electron chi connectivity index (χ1n) is 6.51. The highest BCUT2D eigenvalue weighted by atomic mass is 35.5. The highest BCUT2D eigenvalue weighted by Crippen LogP contribution is 2.19. The Morgan fingerprint density at radius 1 is 1.35 bits per heavy atom. The second-order valence-electron chi connectivity index (χ2n) is 4.80. The van der Waals surface area contributed by atoms with Gasteiger partial charge in [0.25, 0.3) is 5.91 Å². The van der Waals surface area contributed by atoms with Crippen molar-refractivity contribution in [2.45, 2.75) is 12.8 Å². The Labute approximate surface area is 122 Å². The molecular formula is C14H17ClN2O3. The van der Waals surface area contributed by atoms with E-state index in [2.05, 4.69) is 0 Å². The number of hydrogen-bond acceptors (Lipinski definition) is 3. The largest absolute Gasteiger partial charge is 0.484 e. The highest BCUT2D eigenvalue weighted by molar-refractivity contribution is 6.30. The third-order valence-electron chi connectivity index (χ3n) is 3.41. The fraction of sp³-hybridized carbons (Fsp3) is 0.429. The van der Waals surface area contributed by atoms with Gasteiger partial charge in [-0.2, -0.15) is 0 Å². The van der Waals surface area contributed by atoms with E-state index in [1.165, 1.54) is 0 Å². The van der Waals surface area contributed by atoms with Crippen molar-refractivity contribution in [3.63, 3.8) is 0 Å². The number of nitrogens with two attached hydrogens (primary N) is 1. The van der Waals surface area contributed by atoms with Gasteiger partial charge >= 0.3 is 0 Å². The molecule has 2 amide bonds. The summed E-state index contributed by atoms with van der Waals surface area (Å²) >= 11 is 5.84. The van der Waals surface area contributed by atoms with Crippen molar-refractivity contribution < 1.29 is 14.3 Å². The molecule has 1 aliphatic heterocycles. The summed E-state index contributed by atoms with van der Waals surface area (Å²) in [6.45, 7) is 1.07. The molecule has 0 atom stereocenters. The fourth-order valence-corrected chi connectivity index (χ4v) is 2.39. The number of benzene rings is 1. The SMILES string of the molecule is NC(=O)C1CCN(C(=O)COc2cccc(Cl)c2)CC1. The van der Waals surface area contributed by atoms with E-state index in [0.717, 1.165) is 0 Å². The summed E-state index contributed by atoms with van der Waals surface area (Å²) in [6, 6.07) is 6.91. The fourth-order valence-electron chi connectivity index (χ4n) is 2.21. The zero-order valence-corrected chi connectivity index (χ0v) is 11.8. The Balaban J connectivity index is 1.80. The third kappa shape index (κ3) is 3.87. The summed E-state index contributed by atoms with van der Waals surface area (Å²) in [4.78, 5) is 24.7. The molecule has 1 aromatic rings. The number of nitrogens with zero attached hydrogens (tertiary/aromatic N) is 1. The number of amides is 2. The first-order valence-corrected chi connectivity index (χ1v) is 6.89. The van der Waals surface area contributed by atoms with Gasteiger partial charge in [-0.05, 0) is 31.0 Å². The Morgan fingerprint density at radius 2 is 2.05 bits per heavy atom. The van der Waals surface area contributed by atoms with Crippen LogP contribution in [0.15, 0.2) is 24.3 Å². The van der Waals surface area contributed by atoms with Crippen LogP contribution in [0.25, 0.3) is 0 Å². The van der Waals surface area contributed by atoms with Crippen LogP contribution in [0, 0.1) is 5.92 Å². The normalized spacial score (nSPS) is 15.9. The second kappa shape index (κ2) is 6.61. The van der Waals surface area contributed by atoms with Crippen LogP contribution in [0.2, 0.25) is 5.02 Å².